The number of nitrogens with zero attached hydrogens (tertiary/aromatic N) is 2. The van der Waals surface area contributed by atoms with Gasteiger partial charge in [0.25, 0.3) is 0 Å². The van der Waals surface area contributed by atoms with Crippen molar-refractivity contribution < 1.29 is 17.9 Å². The molecule has 0 amide bonds. The minimum Gasteiger partial charge on any atom is -0.381 e. The molecule has 1 aliphatic rings. The van der Waals surface area contributed by atoms with E-state index in [1.54, 1.807) is 6.07 Å². The van der Waals surface area contributed by atoms with E-state index in [0.717, 1.165) is 44.0 Å². The Hall–Kier alpha value is -1.76. The number of likely N-dealkylation sites (tertiary alicyclic amines) is 1. The second kappa shape index (κ2) is 12.1. The summed E-state index contributed by atoms with van der Waals surface area (Å²) >= 11 is 0. The Labute approximate surface area is 202 Å². The molecule has 1 atom stereocenters. The SMILES string of the molecule is CC(C)(C)COCCC(N1CCCC1)N(Cc1ccccc1)c1cccc(C(F)(F)F)c1.Cl. The van der Waals surface area contributed by atoms with Crippen molar-refractivity contribution in [3.63, 3.8) is 0 Å². The number of anilines is 1. The number of hydrogen-bond acceptors (Lipinski definition) is 3. The van der Waals surface area contributed by atoms with Crippen LogP contribution in [0.5, 0.6) is 0 Å². The molecule has 2 aromatic carbocycles. The van der Waals surface area contributed by atoms with Crippen LogP contribution < -0.4 is 4.90 Å². The van der Waals surface area contributed by atoms with Gasteiger partial charge in [0.05, 0.1) is 18.3 Å². The van der Waals surface area contributed by atoms with E-state index in [9.17, 15) is 13.2 Å². The van der Waals surface area contributed by atoms with E-state index in [1.165, 1.54) is 12.1 Å². The summed E-state index contributed by atoms with van der Waals surface area (Å²) in [6.07, 6.45) is -1.43. The van der Waals surface area contributed by atoms with Gasteiger partial charge >= 0.3 is 6.18 Å². The molecule has 1 fully saturated rings. The normalized spacial score (nSPS) is 15.8. The number of hydrogen-bond donors (Lipinski definition) is 0. The summed E-state index contributed by atoms with van der Waals surface area (Å²) in [7, 11) is 0. The van der Waals surface area contributed by atoms with Gasteiger partial charge in [-0.25, -0.2) is 0 Å². The molecule has 0 saturated carbocycles. The fourth-order valence-electron chi connectivity index (χ4n) is 4.15. The zero-order valence-corrected chi connectivity index (χ0v) is 20.6. The summed E-state index contributed by atoms with van der Waals surface area (Å²) in [6.45, 7) is 10.1. The highest BCUT2D eigenvalue weighted by atomic mass is 35.5. The molecular weight excluding hydrogens is 449 g/mol. The molecule has 0 aliphatic carbocycles. The summed E-state index contributed by atoms with van der Waals surface area (Å²) in [5.41, 5.74) is 1.13. The summed E-state index contributed by atoms with van der Waals surface area (Å²) in [6, 6.07) is 15.7. The molecule has 0 N–H and O–H groups in total. The molecule has 0 spiro atoms. The number of rotatable bonds is 9. The van der Waals surface area contributed by atoms with Crippen molar-refractivity contribution in [1.82, 2.24) is 4.90 Å². The van der Waals surface area contributed by atoms with Crippen molar-refractivity contribution in [1.29, 1.82) is 0 Å². The van der Waals surface area contributed by atoms with Gasteiger partial charge in [-0.05, 0) is 42.0 Å². The highest BCUT2D eigenvalue weighted by Crippen LogP contribution is 2.34. The average Bonchev–Trinajstić information content (AvgIpc) is 3.27. The zero-order valence-electron chi connectivity index (χ0n) is 19.8. The van der Waals surface area contributed by atoms with Gasteiger partial charge in [0.2, 0.25) is 0 Å². The number of benzene rings is 2. The van der Waals surface area contributed by atoms with Crippen molar-refractivity contribution in [2.24, 2.45) is 5.41 Å². The third kappa shape index (κ3) is 8.51. The lowest BCUT2D eigenvalue weighted by Gasteiger charge is -2.40. The first-order valence-corrected chi connectivity index (χ1v) is 11.4. The van der Waals surface area contributed by atoms with Gasteiger partial charge in [0.15, 0.2) is 0 Å². The first-order chi connectivity index (χ1) is 15.1. The molecule has 1 saturated heterocycles. The highest BCUT2D eigenvalue weighted by Gasteiger charge is 2.33. The molecule has 2 aromatic rings. The number of halogens is 4. The topological polar surface area (TPSA) is 15.7 Å². The average molecular weight is 485 g/mol. The second-order valence-corrected chi connectivity index (χ2v) is 9.79. The molecule has 1 heterocycles. The third-order valence-corrected chi connectivity index (χ3v) is 5.68. The smallest absolute Gasteiger partial charge is 0.381 e. The molecule has 3 nitrogen and oxygen atoms in total. The number of ether oxygens (including phenoxy) is 1. The maximum absolute atomic E-state index is 13.5. The van der Waals surface area contributed by atoms with E-state index in [0.29, 0.717) is 25.4 Å². The second-order valence-electron chi connectivity index (χ2n) is 9.79. The van der Waals surface area contributed by atoms with Gasteiger partial charge in [-0.15, -0.1) is 12.4 Å². The molecular formula is C26H36ClF3N2O. The van der Waals surface area contributed by atoms with Crippen LogP contribution in [0.3, 0.4) is 0 Å². The van der Waals surface area contributed by atoms with Gasteiger partial charge in [-0.2, -0.15) is 13.2 Å². The van der Waals surface area contributed by atoms with Crippen LogP contribution in [0.4, 0.5) is 18.9 Å². The van der Waals surface area contributed by atoms with Crippen LogP contribution in [0.2, 0.25) is 0 Å². The van der Waals surface area contributed by atoms with E-state index < -0.39 is 11.7 Å². The molecule has 7 heteroatoms. The van der Waals surface area contributed by atoms with Crippen molar-refractivity contribution in [2.75, 3.05) is 31.2 Å². The van der Waals surface area contributed by atoms with Gasteiger partial charge in [-0.3, -0.25) is 4.90 Å². The zero-order chi connectivity index (χ0) is 23.2. The van der Waals surface area contributed by atoms with Crippen LogP contribution >= 0.6 is 12.4 Å². The molecule has 0 bridgehead atoms. The lowest BCUT2D eigenvalue weighted by Crippen LogP contribution is -2.48. The summed E-state index contributed by atoms with van der Waals surface area (Å²) < 4.78 is 46.4. The molecule has 184 valence electrons. The minimum absolute atomic E-state index is 0. The van der Waals surface area contributed by atoms with Crippen molar-refractivity contribution in [2.45, 2.75) is 58.9 Å². The van der Waals surface area contributed by atoms with Gasteiger partial charge < -0.3 is 9.64 Å². The van der Waals surface area contributed by atoms with Crippen LogP contribution in [0.1, 0.15) is 51.2 Å². The Bertz CT molecular complexity index is 833. The van der Waals surface area contributed by atoms with E-state index in [4.69, 9.17) is 4.74 Å². The fourth-order valence-corrected chi connectivity index (χ4v) is 4.15. The fraction of sp³-hybridized carbons (Fsp3) is 0.538. The molecule has 1 aliphatic heterocycles. The maximum Gasteiger partial charge on any atom is 0.416 e. The van der Waals surface area contributed by atoms with Crippen LogP contribution in [-0.4, -0.2) is 37.4 Å². The van der Waals surface area contributed by atoms with E-state index in [-0.39, 0.29) is 24.0 Å². The summed E-state index contributed by atoms with van der Waals surface area (Å²) in [4.78, 5) is 4.51. The molecule has 3 rings (SSSR count). The van der Waals surface area contributed by atoms with E-state index in [1.807, 2.05) is 30.3 Å². The van der Waals surface area contributed by atoms with Gasteiger partial charge in [0, 0.05) is 38.3 Å². The lowest BCUT2D eigenvalue weighted by atomic mass is 9.99. The minimum atomic E-state index is -4.37. The van der Waals surface area contributed by atoms with Crippen molar-refractivity contribution >= 4 is 18.1 Å². The molecule has 1 unspecified atom stereocenters. The lowest BCUT2D eigenvalue weighted by molar-refractivity contribution is -0.137. The van der Waals surface area contributed by atoms with E-state index in [2.05, 4.69) is 30.6 Å². The van der Waals surface area contributed by atoms with E-state index >= 15 is 0 Å². The molecule has 0 radical (unpaired) electrons. The van der Waals surface area contributed by atoms with Crippen molar-refractivity contribution in [3.05, 3.63) is 65.7 Å². The first kappa shape index (κ1) is 27.5. The quantitative estimate of drug-likeness (QED) is 0.356. The Morgan fingerprint density at radius 2 is 1.64 bits per heavy atom. The van der Waals surface area contributed by atoms with Crippen LogP contribution in [-0.2, 0) is 17.5 Å². The van der Waals surface area contributed by atoms with Crippen LogP contribution in [0.15, 0.2) is 54.6 Å². The van der Waals surface area contributed by atoms with Gasteiger partial charge in [0.1, 0.15) is 0 Å². The largest absolute Gasteiger partial charge is 0.416 e. The Balaban J connectivity index is 0.00000385. The Kier molecular flexibility index (Phi) is 10.1. The highest BCUT2D eigenvalue weighted by molar-refractivity contribution is 5.85. The number of alkyl halides is 3. The predicted molar refractivity (Wildman–Crippen MR) is 131 cm³/mol. The summed E-state index contributed by atoms with van der Waals surface area (Å²) in [5, 5.41) is 0. The van der Waals surface area contributed by atoms with Crippen molar-refractivity contribution in [3.8, 4) is 0 Å². The maximum atomic E-state index is 13.5. The monoisotopic (exact) mass is 484 g/mol. The Morgan fingerprint density at radius 1 is 0.970 bits per heavy atom. The molecule has 0 aromatic heterocycles. The van der Waals surface area contributed by atoms with Crippen LogP contribution in [0.25, 0.3) is 0 Å². The first-order valence-electron chi connectivity index (χ1n) is 11.4. The molecule has 33 heavy (non-hydrogen) atoms. The third-order valence-electron chi connectivity index (χ3n) is 5.68. The summed E-state index contributed by atoms with van der Waals surface area (Å²) in [5.74, 6) is 0. The Morgan fingerprint density at radius 3 is 2.24 bits per heavy atom. The van der Waals surface area contributed by atoms with Crippen LogP contribution in [0, 0.1) is 5.41 Å². The van der Waals surface area contributed by atoms with Gasteiger partial charge in [-0.1, -0.05) is 57.2 Å². The standard InChI is InChI=1S/C26H35F3N2O.ClH/c1-25(2,3)20-32-17-14-24(30-15-7-8-16-30)31(19-21-10-5-4-6-11-21)23-13-9-12-22(18-23)26(27,28)29;/h4-6,9-13,18,24H,7-8,14-17,19-20H2,1-3H3;1H. The predicted octanol–water partition coefficient (Wildman–Crippen LogP) is 7.01.